The molecule has 26 heavy (non-hydrogen) atoms. The molecule has 0 bridgehead atoms. The van der Waals surface area contributed by atoms with E-state index in [1.807, 2.05) is 67.8 Å². The van der Waals surface area contributed by atoms with Crippen molar-refractivity contribution in [2.24, 2.45) is 0 Å². The second kappa shape index (κ2) is 8.34. The van der Waals surface area contributed by atoms with Crippen molar-refractivity contribution in [3.05, 3.63) is 70.2 Å². The molecule has 0 aliphatic carbocycles. The van der Waals surface area contributed by atoms with Gasteiger partial charge in [-0.2, -0.15) is 0 Å². The van der Waals surface area contributed by atoms with E-state index in [0.717, 1.165) is 21.8 Å². The van der Waals surface area contributed by atoms with E-state index < -0.39 is 0 Å². The predicted molar refractivity (Wildman–Crippen MR) is 106 cm³/mol. The fourth-order valence-corrected chi connectivity index (χ4v) is 3.38. The summed E-state index contributed by atoms with van der Waals surface area (Å²) in [4.78, 5) is 16.5. The van der Waals surface area contributed by atoms with Gasteiger partial charge in [-0.3, -0.25) is 4.79 Å². The third kappa shape index (κ3) is 4.84. The molecule has 3 aromatic rings. The zero-order chi connectivity index (χ0) is 18.5. The Hall–Kier alpha value is -2.37. The van der Waals surface area contributed by atoms with E-state index in [1.54, 1.807) is 11.3 Å². The van der Waals surface area contributed by atoms with Gasteiger partial charge in [-0.05, 0) is 55.8 Å². The van der Waals surface area contributed by atoms with Crippen molar-refractivity contribution >= 4 is 28.8 Å². The summed E-state index contributed by atoms with van der Waals surface area (Å²) >= 11 is 7.49. The fourth-order valence-electron chi connectivity index (χ4n) is 2.45. The summed E-state index contributed by atoms with van der Waals surface area (Å²) in [6, 6.07) is 14.9. The number of hydrogen-bond donors (Lipinski definition) is 1. The van der Waals surface area contributed by atoms with Crippen LogP contribution < -0.4 is 10.1 Å². The maximum atomic E-state index is 12.1. The Balaban J connectivity index is 1.51. The number of benzene rings is 2. The van der Waals surface area contributed by atoms with Gasteiger partial charge in [-0.15, -0.1) is 11.3 Å². The zero-order valence-corrected chi connectivity index (χ0v) is 16.1. The van der Waals surface area contributed by atoms with Gasteiger partial charge in [-0.1, -0.05) is 23.7 Å². The molecular weight excluding hydrogens is 368 g/mol. The first kappa shape index (κ1) is 18.4. The van der Waals surface area contributed by atoms with Crippen LogP contribution in [0.1, 0.15) is 24.2 Å². The summed E-state index contributed by atoms with van der Waals surface area (Å²) in [7, 11) is 0. The highest BCUT2D eigenvalue weighted by atomic mass is 35.5. The van der Waals surface area contributed by atoms with Crippen LogP contribution in [0.2, 0.25) is 5.02 Å². The van der Waals surface area contributed by atoms with E-state index in [0.29, 0.717) is 10.8 Å². The molecule has 1 atom stereocenters. The number of hydrogen-bond acceptors (Lipinski definition) is 4. The number of carbonyl (C=O) groups excluding carboxylic acids is 1. The van der Waals surface area contributed by atoms with Crippen molar-refractivity contribution in [1.82, 2.24) is 10.3 Å². The van der Waals surface area contributed by atoms with E-state index >= 15 is 0 Å². The first-order chi connectivity index (χ1) is 12.5. The van der Waals surface area contributed by atoms with Crippen LogP contribution in [0, 0.1) is 6.92 Å². The minimum absolute atomic E-state index is 0.0341. The Labute approximate surface area is 161 Å². The van der Waals surface area contributed by atoms with Gasteiger partial charge in [0.1, 0.15) is 10.8 Å². The van der Waals surface area contributed by atoms with Gasteiger partial charge in [0, 0.05) is 21.7 Å². The smallest absolute Gasteiger partial charge is 0.258 e. The molecule has 0 aliphatic rings. The van der Waals surface area contributed by atoms with Gasteiger partial charge < -0.3 is 10.1 Å². The number of aryl methyl sites for hydroxylation is 1. The quantitative estimate of drug-likeness (QED) is 0.646. The third-order valence-electron chi connectivity index (χ3n) is 3.84. The second-order valence-corrected chi connectivity index (χ2v) is 7.24. The lowest BCUT2D eigenvalue weighted by Gasteiger charge is -2.15. The van der Waals surface area contributed by atoms with Crippen molar-refractivity contribution in [2.75, 3.05) is 6.61 Å². The lowest BCUT2D eigenvalue weighted by molar-refractivity contribution is -0.123. The van der Waals surface area contributed by atoms with Crippen molar-refractivity contribution in [2.45, 2.75) is 19.9 Å². The topological polar surface area (TPSA) is 51.2 Å². The molecule has 0 saturated carbocycles. The van der Waals surface area contributed by atoms with Gasteiger partial charge in [-0.25, -0.2) is 4.98 Å². The molecule has 0 spiro atoms. The lowest BCUT2D eigenvalue weighted by atomic mass is 10.1. The maximum absolute atomic E-state index is 12.1. The molecule has 0 radical (unpaired) electrons. The van der Waals surface area contributed by atoms with E-state index in [2.05, 4.69) is 10.3 Å². The number of amides is 1. The number of nitrogens with zero attached hydrogens (tertiary/aromatic N) is 1. The Kier molecular flexibility index (Phi) is 5.91. The minimum atomic E-state index is -0.174. The Morgan fingerprint density at radius 3 is 2.50 bits per heavy atom. The largest absolute Gasteiger partial charge is 0.484 e. The van der Waals surface area contributed by atoms with Crippen molar-refractivity contribution in [3.63, 3.8) is 0 Å². The number of halogens is 1. The van der Waals surface area contributed by atoms with Crippen LogP contribution in [0.4, 0.5) is 0 Å². The Bertz CT molecular complexity index is 876. The van der Waals surface area contributed by atoms with Gasteiger partial charge >= 0.3 is 0 Å². The summed E-state index contributed by atoms with van der Waals surface area (Å²) in [5, 5.41) is 6.58. The van der Waals surface area contributed by atoms with E-state index in [4.69, 9.17) is 16.3 Å². The summed E-state index contributed by atoms with van der Waals surface area (Å²) in [6.07, 6.45) is 0. The molecule has 0 saturated heterocycles. The molecule has 1 N–H and O–H groups in total. The van der Waals surface area contributed by atoms with Crippen LogP contribution in [0.15, 0.2) is 53.9 Å². The molecule has 3 rings (SSSR count). The fraction of sp³-hybridized carbons (Fsp3) is 0.200. The highest BCUT2D eigenvalue weighted by Gasteiger charge is 2.10. The average molecular weight is 387 g/mol. The highest BCUT2D eigenvalue weighted by Crippen LogP contribution is 2.25. The number of carbonyl (C=O) groups is 1. The van der Waals surface area contributed by atoms with Crippen LogP contribution in [-0.4, -0.2) is 17.5 Å². The zero-order valence-electron chi connectivity index (χ0n) is 14.5. The molecular formula is C20H19ClN2O2S. The predicted octanol–water partition coefficient (Wildman–Crippen LogP) is 5.03. The minimum Gasteiger partial charge on any atom is -0.484 e. The SMILES string of the molecule is Cc1csc(-c2ccc(OCC(=O)N[C@@H](C)c3ccc(Cl)cc3)cc2)n1. The molecule has 6 heteroatoms. The molecule has 1 heterocycles. The van der Waals surface area contributed by atoms with Gasteiger partial charge in [0.05, 0.1) is 6.04 Å². The summed E-state index contributed by atoms with van der Waals surface area (Å²) in [6.45, 7) is 3.86. The van der Waals surface area contributed by atoms with Gasteiger partial charge in [0.15, 0.2) is 6.61 Å². The van der Waals surface area contributed by atoms with Crippen molar-refractivity contribution in [1.29, 1.82) is 0 Å². The summed E-state index contributed by atoms with van der Waals surface area (Å²) in [5.74, 6) is 0.475. The second-order valence-electron chi connectivity index (χ2n) is 5.95. The van der Waals surface area contributed by atoms with Crippen LogP contribution in [0.5, 0.6) is 5.75 Å². The van der Waals surface area contributed by atoms with Crippen molar-refractivity contribution < 1.29 is 9.53 Å². The van der Waals surface area contributed by atoms with E-state index in [9.17, 15) is 4.79 Å². The maximum Gasteiger partial charge on any atom is 0.258 e. The van der Waals surface area contributed by atoms with Crippen molar-refractivity contribution in [3.8, 4) is 16.3 Å². The average Bonchev–Trinajstić information content (AvgIpc) is 3.07. The summed E-state index contributed by atoms with van der Waals surface area (Å²) in [5.41, 5.74) is 3.04. The Morgan fingerprint density at radius 1 is 1.19 bits per heavy atom. The Morgan fingerprint density at radius 2 is 1.88 bits per heavy atom. The van der Waals surface area contributed by atoms with Gasteiger partial charge in [0.2, 0.25) is 0 Å². The molecule has 1 amide bonds. The molecule has 0 aliphatic heterocycles. The van der Waals surface area contributed by atoms with E-state index in [1.165, 1.54) is 0 Å². The molecule has 0 unspecified atom stereocenters. The van der Waals surface area contributed by atoms with Crippen LogP contribution in [0.3, 0.4) is 0 Å². The number of ether oxygens (including phenoxy) is 1. The van der Waals surface area contributed by atoms with Gasteiger partial charge in [0.25, 0.3) is 5.91 Å². The molecule has 0 fully saturated rings. The van der Waals surface area contributed by atoms with Crippen LogP contribution >= 0.6 is 22.9 Å². The number of nitrogens with one attached hydrogen (secondary N) is 1. The van der Waals surface area contributed by atoms with Crippen LogP contribution in [-0.2, 0) is 4.79 Å². The lowest BCUT2D eigenvalue weighted by Crippen LogP contribution is -2.31. The number of rotatable bonds is 6. The molecule has 4 nitrogen and oxygen atoms in total. The third-order valence-corrected chi connectivity index (χ3v) is 5.10. The number of aromatic nitrogens is 1. The number of thiazole rings is 1. The summed E-state index contributed by atoms with van der Waals surface area (Å²) < 4.78 is 5.57. The monoisotopic (exact) mass is 386 g/mol. The normalized spacial score (nSPS) is 11.8. The molecule has 2 aromatic carbocycles. The molecule has 1 aromatic heterocycles. The van der Waals surface area contributed by atoms with E-state index in [-0.39, 0.29) is 18.6 Å². The highest BCUT2D eigenvalue weighted by molar-refractivity contribution is 7.13. The molecule has 134 valence electrons. The first-order valence-electron chi connectivity index (χ1n) is 8.21. The standard InChI is InChI=1S/C20H19ClN2O2S/c1-13-12-26-20(22-13)16-5-9-18(10-6-16)25-11-19(24)23-14(2)15-3-7-17(21)8-4-15/h3-10,12,14H,11H2,1-2H3,(H,23,24)/t14-/m0/s1. The van der Waals surface area contributed by atoms with Crippen LogP contribution in [0.25, 0.3) is 10.6 Å². The first-order valence-corrected chi connectivity index (χ1v) is 9.47.